The van der Waals surface area contributed by atoms with Gasteiger partial charge < -0.3 is 44.3 Å². The van der Waals surface area contributed by atoms with E-state index in [1.54, 1.807) is 51.1 Å². The molecule has 0 aliphatic heterocycles. The number of aromatic amines is 2. The molecule has 67 heavy (non-hydrogen) atoms. The Balaban J connectivity index is 1.40. The molecule has 0 saturated heterocycles. The number of methoxy groups -OCH3 is 4. The van der Waals surface area contributed by atoms with E-state index >= 15 is 0 Å². The molecular weight excluding hydrogens is 845 g/mol. The number of nitrogens with one attached hydrogen (secondary N) is 4. The van der Waals surface area contributed by atoms with Gasteiger partial charge in [0.25, 0.3) is 11.8 Å². The molecule has 2 atom stereocenters. The smallest absolute Gasteiger partial charge is 0.255 e. The van der Waals surface area contributed by atoms with Gasteiger partial charge in [-0.1, -0.05) is 97.1 Å². The molecule has 2 amide bonds. The van der Waals surface area contributed by atoms with E-state index in [1.165, 1.54) is 14.2 Å². The van der Waals surface area contributed by atoms with Gasteiger partial charge in [0, 0.05) is 50.7 Å². The number of ether oxygens (including phenoxy) is 5. The average molecular weight is 897 g/mol. The maximum absolute atomic E-state index is 14.4. The highest BCUT2D eigenvalue weighted by Crippen LogP contribution is 2.52. The van der Waals surface area contributed by atoms with Crippen molar-refractivity contribution in [3.05, 3.63) is 227 Å². The monoisotopic (exact) mass is 896 g/mol. The second-order valence-electron chi connectivity index (χ2n) is 15.6. The van der Waals surface area contributed by atoms with Crippen LogP contribution in [0.15, 0.2) is 170 Å². The van der Waals surface area contributed by atoms with Gasteiger partial charge in [-0.15, -0.1) is 0 Å². The lowest BCUT2D eigenvalue weighted by molar-refractivity contribution is -0.0811. The van der Waals surface area contributed by atoms with Gasteiger partial charge in [-0.25, -0.2) is 9.97 Å². The highest BCUT2D eigenvalue weighted by atomic mass is 16.5. The van der Waals surface area contributed by atoms with Crippen molar-refractivity contribution in [1.29, 1.82) is 0 Å². The minimum atomic E-state index is -1.52. The van der Waals surface area contributed by atoms with Gasteiger partial charge >= 0.3 is 0 Å². The lowest BCUT2D eigenvalue weighted by Gasteiger charge is -2.46. The van der Waals surface area contributed by atoms with Gasteiger partial charge in [0.2, 0.25) is 0 Å². The number of rotatable bonds is 20. The molecule has 13 heteroatoms. The van der Waals surface area contributed by atoms with Gasteiger partial charge in [-0.2, -0.15) is 0 Å². The Labute approximate surface area is 389 Å². The van der Waals surface area contributed by atoms with Gasteiger partial charge in [0.15, 0.2) is 0 Å². The Morgan fingerprint density at radius 2 is 0.851 bits per heavy atom. The number of aromatic nitrogens is 4. The van der Waals surface area contributed by atoms with Crippen LogP contribution in [0.5, 0.6) is 23.0 Å². The van der Waals surface area contributed by atoms with E-state index in [0.717, 1.165) is 22.8 Å². The molecule has 340 valence electrons. The first kappa shape index (κ1) is 45.4. The van der Waals surface area contributed by atoms with Crippen LogP contribution in [0.4, 0.5) is 0 Å². The Morgan fingerprint density at radius 3 is 1.19 bits per heavy atom. The fraction of sp³-hybridized carbons (Fsp3) is 0.185. The maximum atomic E-state index is 14.4. The first-order valence-electron chi connectivity index (χ1n) is 21.8. The SMILES string of the molecule is COc1ccc(C(OC(c2ccccc2)(c2ccc(OC)cc2)c2ccc(OC)c(C(=O)NCCc3ncc[nH]3)c2)(c2ccccc2)c2ccc(OC)c(C(=O)NCCc3ncc[nH]3)c2)cc1. The normalized spacial score (nSPS) is 12.8. The third-order valence-corrected chi connectivity index (χ3v) is 11.8. The van der Waals surface area contributed by atoms with Gasteiger partial charge in [-0.3, -0.25) is 9.59 Å². The largest absolute Gasteiger partial charge is 0.497 e. The molecule has 0 aliphatic rings. The van der Waals surface area contributed by atoms with E-state index in [0.29, 0.717) is 82.3 Å². The van der Waals surface area contributed by atoms with Crippen molar-refractivity contribution >= 4 is 11.8 Å². The van der Waals surface area contributed by atoms with Gasteiger partial charge in [-0.05, 0) is 81.9 Å². The fourth-order valence-corrected chi connectivity index (χ4v) is 8.44. The van der Waals surface area contributed by atoms with Crippen molar-refractivity contribution in [3.63, 3.8) is 0 Å². The minimum Gasteiger partial charge on any atom is -0.497 e. The molecule has 2 heterocycles. The summed E-state index contributed by atoms with van der Waals surface area (Å²) >= 11 is 0. The number of benzene rings is 6. The summed E-state index contributed by atoms with van der Waals surface area (Å²) in [6, 6.07) is 46.2. The zero-order chi connectivity index (χ0) is 46.6. The van der Waals surface area contributed by atoms with Crippen LogP contribution in [0.25, 0.3) is 0 Å². The average Bonchev–Trinajstić information content (AvgIpc) is 4.13. The van der Waals surface area contributed by atoms with Crippen LogP contribution in [-0.2, 0) is 28.8 Å². The summed E-state index contributed by atoms with van der Waals surface area (Å²) in [5.74, 6) is 2.84. The molecule has 0 aliphatic carbocycles. The van der Waals surface area contributed by atoms with E-state index < -0.39 is 11.2 Å². The molecule has 0 bridgehead atoms. The number of H-pyrrole nitrogens is 2. The van der Waals surface area contributed by atoms with Crippen LogP contribution in [0.1, 0.15) is 65.7 Å². The maximum Gasteiger partial charge on any atom is 0.255 e. The summed E-state index contributed by atoms with van der Waals surface area (Å²) in [7, 11) is 6.32. The van der Waals surface area contributed by atoms with Crippen molar-refractivity contribution in [2.24, 2.45) is 0 Å². The minimum absolute atomic E-state index is 0.296. The molecule has 0 saturated carbocycles. The summed E-state index contributed by atoms with van der Waals surface area (Å²) in [5.41, 5.74) is 1.68. The predicted octanol–water partition coefficient (Wildman–Crippen LogP) is 8.41. The Kier molecular flexibility index (Phi) is 14.1. The van der Waals surface area contributed by atoms with Crippen LogP contribution >= 0.6 is 0 Å². The lowest BCUT2D eigenvalue weighted by atomic mass is 9.74. The van der Waals surface area contributed by atoms with Crippen LogP contribution in [-0.4, -0.2) is 73.3 Å². The molecule has 8 aromatic rings. The van der Waals surface area contributed by atoms with E-state index in [2.05, 4.69) is 30.6 Å². The third-order valence-electron chi connectivity index (χ3n) is 11.8. The molecule has 0 radical (unpaired) electrons. The zero-order valence-electron chi connectivity index (χ0n) is 37.7. The quantitative estimate of drug-likeness (QED) is 0.0551. The molecule has 4 N–H and O–H groups in total. The molecule has 2 aromatic heterocycles. The van der Waals surface area contributed by atoms with Crippen LogP contribution < -0.4 is 29.6 Å². The van der Waals surface area contributed by atoms with E-state index in [-0.39, 0.29) is 11.8 Å². The van der Waals surface area contributed by atoms with Gasteiger partial charge in [0.05, 0.1) is 39.6 Å². The predicted molar refractivity (Wildman–Crippen MR) is 255 cm³/mol. The number of carbonyl (C=O) groups excluding carboxylic acids is 2. The van der Waals surface area contributed by atoms with Gasteiger partial charge in [0.1, 0.15) is 45.8 Å². The molecule has 6 aromatic carbocycles. The number of hydrogen-bond donors (Lipinski definition) is 4. The summed E-state index contributed by atoms with van der Waals surface area (Å²) in [6.45, 7) is 0.646. The van der Waals surface area contributed by atoms with Crippen molar-refractivity contribution in [2.45, 2.75) is 24.0 Å². The first-order valence-corrected chi connectivity index (χ1v) is 21.8. The Morgan fingerprint density at radius 1 is 0.478 bits per heavy atom. The topological polar surface area (TPSA) is 162 Å². The molecule has 0 spiro atoms. The molecule has 0 fully saturated rings. The standard InChI is InChI=1S/C54H52N6O7/c1-63-43-21-15-39(16-22-43)53(37-11-7-5-8-12-37,41-19-25-47(65-3)45(35-41)51(61)59-29-27-49-55-31-32-56-49)67-54(38-13-9-6-10-14-38,40-17-23-44(64-2)24-18-40)42-20-26-48(66-4)46(36-42)52(62)60-30-28-50-57-33-34-58-50/h5-26,31-36H,27-30H2,1-4H3,(H,55,56)(H,57,58)(H,59,61)(H,60,62). The number of imidazole rings is 2. The first-order chi connectivity index (χ1) is 32.8. The molecule has 13 nitrogen and oxygen atoms in total. The second kappa shape index (κ2) is 20.8. The summed E-state index contributed by atoms with van der Waals surface area (Å²) in [6.07, 6.45) is 7.85. The zero-order valence-corrected chi connectivity index (χ0v) is 37.7. The number of hydrogen-bond acceptors (Lipinski definition) is 9. The molecular formula is C54H52N6O7. The third kappa shape index (κ3) is 9.49. The molecule has 8 rings (SSSR count). The van der Waals surface area contributed by atoms with Crippen molar-refractivity contribution in [3.8, 4) is 23.0 Å². The number of amides is 2. The number of carbonyl (C=O) groups is 2. The molecule has 2 unspecified atom stereocenters. The Hall–Kier alpha value is -8.16. The van der Waals surface area contributed by atoms with Crippen molar-refractivity contribution in [2.75, 3.05) is 41.5 Å². The summed E-state index contributed by atoms with van der Waals surface area (Å²) < 4.78 is 31.4. The second-order valence-corrected chi connectivity index (χ2v) is 15.6. The van der Waals surface area contributed by atoms with Crippen LogP contribution in [0, 0.1) is 0 Å². The summed E-state index contributed by atoms with van der Waals surface area (Å²) in [5, 5.41) is 6.14. The van der Waals surface area contributed by atoms with Crippen LogP contribution in [0.3, 0.4) is 0 Å². The highest BCUT2D eigenvalue weighted by Gasteiger charge is 2.50. The van der Waals surface area contributed by atoms with E-state index in [9.17, 15) is 9.59 Å². The number of nitrogens with zero attached hydrogens (tertiary/aromatic N) is 2. The fourth-order valence-electron chi connectivity index (χ4n) is 8.44. The highest BCUT2D eigenvalue weighted by molar-refractivity contribution is 5.98. The Bertz CT molecular complexity index is 2660. The van der Waals surface area contributed by atoms with Crippen molar-refractivity contribution in [1.82, 2.24) is 30.6 Å². The van der Waals surface area contributed by atoms with Crippen LogP contribution in [0.2, 0.25) is 0 Å². The van der Waals surface area contributed by atoms with E-state index in [4.69, 9.17) is 23.7 Å². The van der Waals surface area contributed by atoms with E-state index in [1.807, 2.05) is 133 Å². The van der Waals surface area contributed by atoms with Crippen molar-refractivity contribution < 1.29 is 33.3 Å². The summed E-state index contributed by atoms with van der Waals surface area (Å²) in [4.78, 5) is 43.5. The lowest BCUT2D eigenvalue weighted by Crippen LogP contribution is -2.45.